The average molecular weight is 332 g/mol. The van der Waals surface area contributed by atoms with E-state index in [1.54, 1.807) is 0 Å². The summed E-state index contributed by atoms with van der Waals surface area (Å²) in [6.45, 7) is 5.43. The number of ether oxygens (including phenoxy) is 1. The molecule has 0 radical (unpaired) electrons. The SMILES string of the molecule is COC(=O)c1sc(NCCCN2CCCCC2C)nc1Cl. The molecule has 1 N–H and O–H groups in total. The number of esters is 1. The van der Waals surface area contributed by atoms with Gasteiger partial charge in [0.2, 0.25) is 0 Å². The Balaban J connectivity index is 1.74. The van der Waals surface area contributed by atoms with E-state index in [-0.39, 0.29) is 5.15 Å². The first kappa shape index (κ1) is 16.5. The van der Waals surface area contributed by atoms with Gasteiger partial charge in [0.1, 0.15) is 0 Å². The van der Waals surface area contributed by atoms with Gasteiger partial charge in [-0.25, -0.2) is 9.78 Å². The smallest absolute Gasteiger partial charge is 0.351 e. The monoisotopic (exact) mass is 331 g/mol. The van der Waals surface area contributed by atoms with Crippen molar-refractivity contribution in [1.82, 2.24) is 9.88 Å². The number of hydrogen-bond acceptors (Lipinski definition) is 6. The Morgan fingerprint density at radius 3 is 3.10 bits per heavy atom. The molecule has 7 heteroatoms. The summed E-state index contributed by atoms with van der Waals surface area (Å²) in [7, 11) is 1.34. The number of piperidine rings is 1. The molecule has 2 rings (SSSR count). The van der Waals surface area contributed by atoms with Gasteiger partial charge in [-0.3, -0.25) is 0 Å². The lowest BCUT2D eigenvalue weighted by molar-refractivity contribution is 0.0606. The number of hydrogen-bond donors (Lipinski definition) is 1. The molecule has 1 saturated heterocycles. The number of halogens is 1. The second kappa shape index (κ2) is 7.96. The highest BCUT2D eigenvalue weighted by Gasteiger charge is 2.18. The second-order valence-electron chi connectivity index (χ2n) is 5.29. The van der Waals surface area contributed by atoms with E-state index in [1.165, 1.54) is 44.3 Å². The minimum Gasteiger partial charge on any atom is -0.465 e. The molecule has 1 aliphatic heterocycles. The third-order valence-electron chi connectivity index (χ3n) is 3.80. The fourth-order valence-corrected chi connectivity index (χ4v) is 3.69. The van der Waals surface area contributed by atoms with Crippen LogP contribution in [-0.4, -0.2) is 48.6 Å². The molecule has 0 aliphatic carbocycles. The number of methoxy groups -OCH3 is 1. The van der Waals surface area contributed by atoms with Gasteiger partial charge in [0, 0.05) is 19.1 Å². The largest absolute Gasteiger partial charge is 0.465 e. The fourth-order valence-electron chi connectivity index (χ4n) is 2.56. The summed E-state index contributed by atoms with van der Waals surface area (Å²) < 4.78 is 4.66. The minimum atomic E-state index is -0.437. The van der Waals surface area contributed by atoms with Gasteiger partial charge >= 0.3 is 5.97 Å². The quantitative estimate of drug-likeness (QED) is 0.640. The van der Waals surface area contributed by atoms with Crippen LogP contribution in [0, 0.1) is 0 Å². The van der Waals surface area contributed by atoms with Gasteiger partial charge in [-0.05, 0) is 32.7 Å². The number of aromatic nitrogens is 1. The summed E-state index contributed by atoms with van der Waals surface area (Å²) >= 11 is 7.16. The van der Waals surface area contributed by atoms with Crippen LogP contribution in [0.2, 0.25) is 5.15 Å². The van der Waals surface area contributed by atoms with Gasteiger partial charge in [0.25, 0.3) is 0 Å². The molecule has 1 aromatic heterocycles. The predicted molar refractivity (Wildman–Crippen MR) is 86.5 cm³/mol. The van der Waals surface area contributed by atoms with E-state index in [9.17, 15) is 4.79 Å². The first-order valence-corrected chi connectivity index (χ1v) is 8.54. The second-order valence-corrected chi connectivity index (χ2v) is 6.65. The van der Waals surface area contributed by atoms with Crippen LogP contribution >= 0.6 is 22.9 Å². The van der Waals surface area contributed by atoms with Crippen LogP contribution in [0.1, 0.15) is 42.3 Å². The summed E-state index contributed by atoms with van der Waals surface area (Å²) in [5.41, 5.74) is 0. The molecule has 0 spiro atoms. The van der Waals surface area contributed by atoms with Crippen LogP contribution in [-0.2, 0) is 4.74 Å². The Kier molecular flexibility index (Phi) is 6.26. The molecule has 1 fully saturated rings. The molecular weight excluding hydrogens is 310 g/mol. The standard InChI is InChI=1S/C14H22ClN3O2S/c1-10-6-3-4-8-18(10)9-5-7-16-14-17-12(15)11(21-14)13(19)20-2/h10H,3-9H2,1-2H3,(H,16,17). The number of carbonyl (C=O) groups excluding carboxylic acids is 1. The zero-order valence-corrected chi connectivity index (χ0v) is 14.1. The molecule has 21 heavy (non-hydrogen) atoms. The highest BCUT2D eigenvalue weighted by molar-refractivity contribution is 7.18. The number of nitrogens with one attached hydrogen (secondary N) is 1. The fraction of sp³-hybridized carbons (Fsp3) is 0.714. The van der Waals surface area contributed by atoms with Gasteiger partial charge < -0.3 is 15.0 Å². The normalized spacial score (nSPS) is 19.5. The van der Waals surface area contributed by atoms with Crippen molar-refractivity contribution in [3.05, 3.63) is 10.0 Å². The maximum Gasteiger partial charge on any atom is 0.351 e. The number of nitrogens with zero attached hydrogens (tertiary/aromatic N) is 2. The van der Waals surface area contributed by atoms with Gasteiger partial charge in [0.15, 0.2) is 15.2 Å². The van der Waals surface area contributed by atoms with E-state index in [4.69, 9.17) is 11.6 Å². The number of carbonyl (C=O) groups is 1. The Hall–Kier alpha value is -0.850. The lowest BCUT2D eigenvalue weighted by Gasteiger charge is -2.33. The highest BCUT2D eigenvalue weighted by atomic mass is 35.5. The van der Waals surface area contributed by atoms with E-state index in [0.29, 0.717) is 16.1 Å². The van der Waals surface area contributed by atoms with Crippen molar-refractivity contribution >= 4 is 34.0 Å². The molecule has 2 heterocycles. The minimum absolute atomic E-state index is 0.207. The topological polar surface area (TPSA) is 54.5 Å². The summed E-state index contributed by atoms with van der Waals surface area (Å²) in [5.74, 6) is -0.437. The van der Waals surface area contributed by atoms with Gasteiger partial charge in [-0.1, -0.05) is 29.4 Å². The maximum atomic E-state index is 11.4. The van der Waals surface area contributed by atoms with Crippen molar-refractivity contribution in [3.8, 4) is 0 Å². The number of likely N-dealkylation sites (tertiary alicyclic amines) is 1. The molecule has 1 aromatic rings. The molecule has 1 aliphatic rings. The third-order valence-corrected chi connectivity index (χ3v) is 5.17. The molecule has 118 valence electrons. The van der Waals surface area contributed by atoms with Gasteiger partial charge in [-0.2, -0.15) is 0 Å². The third kappa shape index (κ3) is 4.56. The number of rotatable bonds is 6. The van der Waals surface area contributed by atoms with E-state index in [0.717, 1.165) is 19.5 Å². The van der Waals surface area contributed by atoms with Crippen molar-refractivity contribution < 1.29 is 9.53 Å². The molecule has 5 nitrogen and oxygen atoms in total. The Labute approximate surface area is 134 Å². The van der Waals surface area contributed by atoms with E-state index < -0.39 is 5.97 Å². The predicted octanol–water partition coefficient (Wildman–Crippen LogP) is 3.26. The zero-order valence-electron chi connectivity index (χ0n) is 12.5. The molecule has 1 atom stereocenters. The maximum absolute atomic E-state index is 11.4. The highest BCUT2D eigenvalue weighted by Crippen LogP contribution is 2.27. The van der Waals surface area contributed by atoms with Gasteiger partial charge in [-0.15, -0.1) is 0 Å². The lowest BCUT2D eigenvalue weighted by Crippen LogP contribution is -2.38. The number of thiazole rings is 1. The number of anilines is 1. The zero-order chi connectivity index (χ0) is 15.2. The molecule has 0 aromatic carbocycles. The van der Waals surface area contributed by atoms with Crippen molar-refractivity contribution in [2.24, 2.45) is 0 Å². The van der Waals surface area contributed by atoms with Crippen molar-refractivity contribution in [2.75, 3.05) is 32.1 Å². The Morgan fingerprint density at radius 2 is 2.38 bits per heavy atom. The first-order valence-electron chi connectivity index (χ1n) is 7.34. The van der Waals surface area contributed by atoms with E-state index in [2.05, 4.69) is 26.9 Å². The first-order chi connectivity index (χ1) is 10.1. The summed E-state index contributed by atoms with van der Waals surface area (Å²) in [6, 6.07) is 0.694. The molecule has 1 unspecified atom stereocenters. The van der Waals surface area contributed by atoms with Crippen LogP contribution in [0.5, 0.6) is 0 Å². The van der Waals surface area contributed by atoms with Crippen LogP contribution in [0.4, 0.5) is 5.13 Å². The van der Waals surface area contributed by atoms with Crippen molar-refractivity contribution in [3.63, 3.8) is 0 Å². The summed E-state index contributed by atoms with van der Waals surface area (Å²) in [6.07, 6.45) is 5.01. The van der Waals surface area contributed by atoms with Crippen LogP contribution < -0.4 is 5.32 Å². The average Bonchev–Trinajstić information content (AvgIpc) is 2.85. The van der Waals surface area contributed by atoms with Crippen LogP contribution in [0.25, 0.3) is 0 Å². The molecule has 0 saturated carbocycles. The Bertz CT molecular complexity index is 481. The van der Waals surface area contributed by atoms with E-state index in [1.807, 2.05) is 0 Å². The molecular formula is C14H22ClN3O2S. The van der Waals surface area contributed by atoms with E-state index >= 15 is 0 Å². The molecule has 0 bridgehead atoms. The van der Waals surface area contributed by atoms with Crippen molar-refractivity contribution in [1.29, 1.82) is 0 Å². The summed E-state index contributed by atoms with van der Waals surface area (Å²) in [4.78, 5) is 18.5. The molecule has 0 amide bonds. The lowest BCUT2D eigenvalue weighted by atomic mass is 10.0. The Morgan fingerprint density at radius 1 is 1.57 bits per heavy atom. The van der Waals surface area contributed by atoms with Gasteiger partial charge in [0.05, 0.1) is 7.11 Å². The van der Waals surface area contributed by atoms with Crippen LogP contribution in [0.15, 0.2) is 0 Å². The summed E-state index contributed by atoms with van der Waals surface area (Å²) in [5, 5.41) is 4.11. The van der Waals surface area contributed by atoms with Crippen LogP contribution in [0.3, 0.4) is 0 Å². The van der Waals surface area contributed by atoms with Crippen molar-refractivity contribution in [2.45, 2.75) is 38.6 Å².